The van der Waals surface area contributed by atoms with E-state index in [-0.39, 0.29) is 0 Å². The largest absolute Gasteiger partial charge is 0.311 e. The summed E-state index contributed by atoms with van der Waals surface area (Å²) in [7, 11) is -2.97. The maximum absolute atomic E-state index is 12.0. The Balaban J connectivity index is 2.38. The van der Waals surface area contributed by atoms with E-state index in [1.54, 1.807) is 20.8 Å². The second kappa shape index (κ2) is 5.27. The molecule has 2 atom stereocenters. The van der Waals surface area contributed by atoms with E-state index in [4.69, 9.17) is 0 Å². The van der Waals surface area contributed by atoms with Crippen LogP contribution in [0.5, 0.6) is 0 Å². The number of rotatable bonds is 6. The molecule has 1 fully saturated rings. The Morgan fingerprint density at radius 3 is 2.18 bits per heavy atom. The highest BCUT2D eigenvalue weighted by atomic mass is 32.2. The first kappa shape index (κ1) is 15.0. The molecular weight excluding hydrogens is 234 g/mol. The van der Waals surface area contributed by atoms with Crippen molar-refractivity contribution in [1.82, 2.24) is 5.32 Å². The summed E-state index contributed by atoms with van der Waals surface area (Å²) in [5.74, 6) is 0.710. The van der Waals surface area contributed by atoms with Gasteiger partial charge in [-0.3, -0.25) is 0 Å². The third-order valence-corrected chi connectivity index (χ3v) is 6.34. The molecule has 0 heterocycles. The van der Waals surface area contributed by atoms with Gasteiger partial charge in [0.2, 0.25) is 0 Å². The molecule has 1 aliphatic carbocycles. The summed E-state index contributed by atoms with van der Waals surface area (Å²) in [4.78, 5) is 0. The van der Waals surface area contributed by atoms with Crippen molar-refractivity contribution in [1.29, 1.82) is 0 Å². The van der Waals surface area contributed by atoms with Crippen molar-refractivity contribution in [3.8, 4) is 0 Å². The van der Waals surface area contributed by atoms with Crippen LogP contribution in [0.1, 0.15) is 53.9 Å². The quantitative estimate of drug-likeness (QED) is 0.798. The molecule has 0 aliphatic heterocycles. The van der Waals surface area contributed by atoms with Crippen LogP contribution in [0.15, 0.2) is 0 Å². The van der Waals surface area contributed by atoms with Gasteiger partial charge in [0.05, 0.1) is 10.5 Å². The second-order valence-corrected chi connectivity index (χ2v) is 9.29. The van der Waals surface area contributed by atoms with Gasteiger partial charge in [-0.2, -0.15) is 0 Å². The van der Waals surface area contributed by atoms with Gasteiger partial charge in [0.1, 0.15) is 0 Å². The zero-order valence-electron chi connectivity index (χ0n) is 11.8. The molecule has 4 heteroatoms. The molecule has 0 spiro atoms. The summed E-state index contributed by atoms with van der Waals surface area (Å²) < 4.78 is 23.4. The van der Waals surface area contributed by atoms with Crippen LogP contribution in [0.4, 0.5) is 0 Å². The second-order valence-electron chi connectivity index (χ2n) is 6.43. The van der Waals surface area contributed by atoms with Gasteiger partial charge in [0.15, 0.2) is 9.84 Å². The van der Waals surface area contributed by atoms with E-state index in [2.05, 4.69) is 19.2 Å². The van der Waals surface area contributed by atoms with E-state index in [0.29, 0.717) is 23.8 Å². The minimum atomic E-state index is -2.97. The van der Waals surface area contributed by atoms with Crippen molar-refractivity contribution >= 4 is 9.84 Å². The molecule has 0 radical (unpaired) electrons. The van der Waals surface area contributed by atoms with Crippen LogP contribution in [0.3, 0.4) is 0 Å². The molecule has 3 nitrogen and oxygen atoms in total. The molecule has 1 rings (SSSR count). The number of sulfone groups is 1. The lowest BCUT2D eigenvalue weighted by atomic mass is 10.0. The van der Waals surface area contributed by atoms with Crippen molar-refractivity contribution in [2.75, 3.05) is 5.75 Å². The lowest BCUT2D eigenvalue weighted by Crippen LogP contribution is -2.36. The monoisotopic (exact) mass is 261 g/mol. The Morgan fingerprint density at radius 2 is 1.76 bits per heavy atom. The first-order valence-corrected chi connectivity index (χ1v) is 8.27. The molecular formula is C13H27NO2S. The van der Waals surface area contributed by atoms with Gasteiger partial charge in [0, 0.05) is 12.1 Å². The highest BCUT2D eigenvalue weighted by Crippen LogP contribution is 2.23. The minimum Gasteiger partial charge on any atom is -0.311 e. The molecule has 1 aliphatic rings. The standard InChI is InChI=1S/C13H27NO2S/c1-10(11(2)14-12-6-7-12)8-9-17(15,16)13(3,4)5/h10-12,14H,6-9H2,1-5H3. The minimum absolute atomic E-state index is 0.300. The summed E-state index contributed by atoms with van der Waals surface area (Å²) in [6, 6.07) is 1.10. The fourth-order valence-corrected chi connectivity index (χ4v) is 2.98. The van der Waals surface area contributed by atoms with E-state index in [1.165, 1.54) is 12.8 Å². The first-order chi connectivity index (χ1) is 7.63. The number of nitrogens with one attached hydrogen (secondary N) is 1. The smallest absolute Gasteiger partial charge is 0.155 e. The fourth-order valence-electron chi connectivity index (χ4n) is 1.68. The molecule has 2 unspecified atom stereocenters. The Bertz CT molecular complexity index is 339. The molecule has 1 N–H and O–H groups in total. The molecule has 17 heavy (non-hydrogen) atoms. The Hall–Kier alpha value is -0.0900. The maximum Gasteiger partial charge on any atom is 0.155 e. The van der Waals surface area contributed by atoms with Crippen molar-refractivity contribution in [3.05, 3.63) is 0 Å². The zero-order valence-corrected chi connectivity index (χ0v) is 12.6. The molecule has 0 saturated heterocycles. The van der Waals surface area contributed by atoms with Crippen molar-refractivity contribution < 1.29 is 8.42 Å². The Morgan fingerprint density at radius 1 is 1.24 bits per heavy atom. The normalized spacial score (nSPS) is 21.2. The van der Waals surface area contributed by atoms with Gasteiger partial charge in [-0.1, -0.05) is 6.92 Å². The molecule has 0 amide bonds. The molecule has 102 valence electrons. The van der Waals surface area contributed by atoms with Crippen molar-refractivity contribution in [2.45, 2.75) is 70.7 Å². The van der Waals surface area contributed by atoms with E-state index >= 15 is 0 Å². The summed E-state index contributed by atoms with van der Waals surface area (Å²) in [6.45, 7) is 9.63. The van der Waals surface area contributed by atoms with Crippen LogP contribution in [0, 0.1) is 5.92 Å². The van der Waals surface area contributed by atoms with E-state index in [1.807, 2.05) is 0 Å². The summed E-state index contributed by atoms with van der Waals surface area (Å²) in [5.41, 5.74) is 0. The molecule has 0 aromatic heterocycles. The van der Waals surface area contributed by atoms with Gasteiger partial charge >= 0.3 is 0 Å². The van der Waals surface area contributed by atoms with Crippen LogP contribution in [0.2, 0.25) is 0 Å². The topological polar surface area (TPSA) is 46.2 Å². The zero-order chi connectivity index (χ0) is 13.3. The molecule has 0 bridgehead atoms. The molecule has 1 saturated carbocycles. The van der Waals surface area contributed by atoms with E-state index in [0.717, 1.165) is 6.42 Å². The van der Waals surface area contributed by atoms with Gasteiger partial charge in [-0.25, -0.2) is 8.42 Å². The van der Waals surface area contributed by atoms with Gasteiger partial charge in [0.25, 0.3) is 0 Å². The fraction of sp³-hybridized carbons (Fsp3) is 1.00. The predicted octanol–water partition coefficient (Wildman–Crippen LogP) is 2.37. The predicted molar refractivity (Wildman–Crippen MR) is 72.9 cm³/mol. The first-order valence-electron chi connectivity index (χ1n) is 6.62. The summed E-state index contributed by atoms with van der Waals surface area (Å²) >= 11 is 0. The lowest BCUT2D eigenvalue weighted by Gasteiger charge is -2.24. The molecule has 0 aromatic carbocycles. The van der Waals surface area contributed by atoms with Crippen LogP contribution in [-0.4, -0.2) is 31.0 Å². The van der Waals surface area contributed by atoms with E-state index < -0.39 is 14.6 Å². The third-order valence-electron chi connectivity index (χ3n) is 3.70. The van der Waals surface area contributed by atoms with Crippen molar-refractivity contribution in [2.24, 2.45) is 5.92 Å². The summed E-state index contributed by atoms with van der Waals surface area (Å²) in [5, 5.41) is 3.53. The highest BCUT2D eigenvalue weighted by Gasteiger charge is 2.30. The van der Waals surface area contributed by atoms with Gasteiger partial charge < -0.3 is 5.32 Å². The lowest BCUT2D eigenvalue weighted by molar-refractivity contribution is 0.387. The number of hydrogen-bond donors (Lipinski definition) is 1. The molecule has 0 aromatic rings. The third kappa shape index (κ3) is 4.59. The van der Waals surface area contributed by atoms with E-state index in [9.17, 15) is 8.42 Å². The summed E-state index contributed by atoms with van der Waals surface area (Å²) in [6.07, 6.45) is 3.30. The van der Waals surface area contributed by atoms with Gasteiger partial charge in [-0.15, -0.1) is 0 Å². The van der Waals surface area contributed by atoms with Crippen LogP contribution in [-0.2, 0) is 9.84 Å². The Kier molecular flexibility index (Phi) is 4.64. The highest BCUT2D eigenvalue weighted by molar-refractivity contribution is 7.92. The van der Waals surface area contributed by atoms with Crippen molar-refractivity contribution in [3.63, 3.8) is 0 Å². The number of hydrogen-bond acceptors (Lipinski definition) is 3. The van der Waals surface area contributed by atoms with Crippen LogP contribution >= 0.6 is 0 Å². The average Bonchev–Trinajstić information content (AvgIpc) is 2.96. The van der Waals surface area contributed by atoms with Crippen LogP contribution < -0.4 is 5.32 Å². The van der Waals surface area contributed by atoms with Gasteiger partial charge in [-0.05, 0) is 52.9 Å². The SMILES string of the molecule is CC(CCS(=O)(=O)C(C)(C)C)C(C)NC1CC1. The maximum atomic E-state index is 12.0. The van der Waals surface area contributed by atoms with Crippen LogP contribution in [0.25, 0.3) is 0 Å². The Labute approximate surface area is 106 Å². The average molecular weight is 261 g/mol.